The van der Waals surface area contributed by atoms with E-state index >= 15 is 0 Å². The van der Waals surface area contributed by atoms with Crippen molar-refractivity contribution in [1.29, 1.82) is 0 Å². The molecule has 1 unspecified atom stereocenters. The summed E-state index contributed by atoms with van der Waals surface area (Å²) < 4.78 is 5.68. The molecule has 4 nitrogen and oxygen atoms in total. The van der Waals surface area contributed by atoms with Crippen LogP contribution in [0.1, 0.15) is 40.9 Å². The lowest BCUT2D eigenvalue weighted by Gasteiger charge is -2.22. The van der Waals surface area contributed by atoms with Gasteiger partial charge in [0.25, 0.3) is 5.91 Å². The van der Waals surface area contributed by atoms with E-state index in [1.165, 1.54) is 24.0 Å². The number of halogens is 1. The number of carbonyl (C=O) groups is 1. The van der Waals surface area contributed by atoms with Crippen molar-refractivity contribution in [3.63, 3.8) is 0 Å². The van der Waals surface area contributed by atoms with Crippen molar-refractivity contribution < 1.29 is 9.21 Å². The molecule has 1 aromatic carbocycles. The van der Waals surface area contributed by atoms with Gasteiger partial charge in [-0.25, -0.2) is 0 Å². The van der Waals surface area contributed by atoms with E-state index in [1.54, 1.807) is 0 Å². The van der Waals surface area contributed by atoms with Crippen LogP contribution >= 0.6 is 12.4 Å². The Labute approximate surface area is 143 Å². The van der Waals surface area contributed by atoms with Crippen molar-refractivity contribution >= 4 is 29.3 Å². The second kappa shape index (κ2) is 7.84. The molecule has 1 aromatic heterocycles. The summed E-state index contributed by atoms with van der Waals surface area (Å²) in [6.45, 7) is 7.02. The largest absolute Gasteiger partial charge is 0.451 e. The van der Waals surface area contributed by atoms with Crippen LogP contribution < -0.4 is 10.6 Å². The highest BCUT2D eigenvalue weighted by atomic mass is 35.5. The van der Waals surface area contributed by atoms with E-state index in [2.05, 4.69) is 30.5 Å². The Hall–Kier alpha value is -1.52. The van der Waals surface area contributed by atoms with Crippen LogP contribution in [-0.2, 0) is 0 Å². The molecule has 2 N–H and O–H groups in total. The molecular formula is C18H25ClN2O2. The summed E-state index contributed by atoms with van der Waals surface area (Å²) in [6.07, 6.45) is 3.52. The van der Waals surface area contributed by atoms with Crippen molar-refractivity contribution in [3.8, 4) is 0 Å². The van der Waals surface area contributed by atoms with E-state index < -0.39 is 0 Å². The molecule has 2 heterocycles. The zero-order valence-electron chi connectivity index (χ0n) is 13.8. The predicted octanol–water partition coefficient (Wildman–Crippen LogP) is 3.59. The van der Waals surface area contributed by atoms with Gasteiger partial charge in [-0.15, -0.1) is 12.4 Å². The molecule has 1 saturated heterocycles. The maximum atomic E-state index is 12.2. The lowest BCUT2D eigenvalue weighted by molar-refractivity contribution is 0.0925. The minimum absolute atomic E-state index is 0. The molecule has 1 fully saturated rings. The average Bonchev–Trinajstić information content (AvgIpc) is 2.91. The first-order chi connectivity index (χ1) is 10.6. The first-order valence-electron chi connectivity index (χ1n) is 8.13. The molecular weight excluding hydrogens is 312 g/mol. The van der Waals surface area contributed by atoms with Crippen LogP contribution in [-0.4, -0.2) is 25.5 Å². The average molecular weight is 337 g/mol. The van der Waals surface area contributed by atoms with Crippen molar-refractivity contribution in [2.24, 2.45) is 5.92 Å². The third kappa shape index (κ3) is 4.27. The quantitative estimate of drug-likeness (QED) is 0.897. The number of aryl methyl sites for hydroxylation is 2. The Morgan fingerprint density at radius 2 is 2.09 bits per heavy atom. The number of amides is 1. The fraction of sp³-hybridized carbons (Fsp3) is 0.500. The van der Waals surface area contributed by atoms with Crippen LogP contribution in [0.3, 0.4) is 0 Å². The summed E-state index contributed by atoms with van der Waals surface area (Å²) in [6, 6.07) is 5.90. The van der Waals surface area contributed by atoms with Crippen molar-refractivity contribution in [2.75, 3.05) is 19.6 Å². The molecule has 0 radical (unpaired) electrons. The Morgan fingerprint density at radius 3 is 2.83 bits per heavy atom. The van der Waals surface area contributed by atoms with Gasteiger partial charge in [-0.05, 0) is 81.4 Å². The molecule has 0 bridgehead atoms. The van der Waals surface area contributed by atoms with Gasteiger partial charge in [0.15, 0.2) is 5.76 Å². The fourth-order valence-electron chi connectivity index (χ4n) is 3.06. The molecule has 23 heavy (non-hydrogen) atoms. The highest BCUT2D eigenvalue weighted by Crippen LogP contribution is 2.23. The SMILES string of the molecule is Cc1cc2cc(C(=O)NCCC3CCCNC3)oc2cc1C.Cl. The van der Waals surface area contributed by atoms with Gasteiger partial charge >= 0.3 is 0 Å². The summed E-state index contributed by atoms with van der Waals surface area (Å²) in [5, 5.41) is 7.37. The summed E-state index contributed by atoms with van der Waals surface area (Å²) in [5.41, 5.74) is 3.17. The predicted molar refractivity (Wildman–Crippen MR) is 95.5 cm³/mol. The van der Waals surface area contributed by atoms with E-state index in [4.69, 9.17) is 4.42 Å². The van der Waals surface area contributed by atoms with Gasteiger partial charge in [0.2, 0.25) is 0 Å². The van der Waals surface area contributed by atoms with Gasteiger partial charge < -0.3 is 15.1 Å². The van der Waals surface area contributed by atoms with Crippen LogP contribution in [0.2, 0.25) is 0 Å². The number of benzene rings is 1. The monoisotopic (exact) mass is 336 g/mol. The molecule has 2 aromatic rings. The molecule has 0 spiro atoms. The molecule has 1 atom stereocenters. The smallest absolute Gasteiger partial charge is 0.287 e. The van der Waals surface area contributed by atoms with Crippen LogP contribution in [0.15, 0.2) is 22.6 Å². The topological polar surface area (TPSA) is 54.3 Å². The lowest BCUT2D eigenvalue weighted by atomic mass is 9.96. The van der Waals surface area contributed by atoms with Crippen LogP contribution in [0.25, 0.3) is 11.0 Å². The van der Waals surface area contributed by atoms with Crippen LogP contribution in [0.5, 0.6) is 0 Å². The number of piperidine rings is 1. The first-order valence-corrected chi connectivity index (χ1v) is 8.13. The molecule has 1 aliphatic rings. The van der Waals surface area contributed by atoms with Crippen LogP contribution in [0, 0.1) is 19.8 Å². The number of hydrogen-bond donors (Lipinski definition) is 2. The maximum Gasteiger partial charge on any atom is 0.287 e. The first kappa shape index (κ1) is 17.8. The maximum absolute atomic E-state index is 12.2. The second-order valence-electron chi connectivity index (χ2n) is 6.34. The fourth-order valence-corrected chi connectivity index (χ4v) is 3.06. The summed E-state index contributed by atoms with van der Waals surface area (Å²) in [5.74, 6) is 0.965. The van der Waals surface area contributed by atoms with Gasteiger partial charge in [-0.1, -0.05) is 0 Å². The number of hydrogen-bond acceptors (Lipinski definition) is 3. The van der Waals surface area contributed by atoms with E-state index in [9.17, 15) is 4.79 Å². The molecule has 1 aliphatic heterocycles. The van der Waals surface area contributed by atoms with Gasteiger partial charge in [-0.2, -0.15) is 0 Å². The minimum atomic E-state index is -0.115. The zero-order valence-corrected chi connectivity index (χ0v) is 14.6. The highest BCUT2D eigenvalue weighted by Gasteiger charge is 2.15. The molecule has 0 saturated carbocycles. The molecule has 0 aliphatic carbocycles. The minimum Gasteiger partial charge on any atom is -0.451 e. The van der Waals surface area contributed by atoms with Crippen LogP contribution in [0.4, 0.5) is 0 Å². The number of rotatable bonds is 4. The van der Waals surface area contributed by atoms with Gasteiger partial charge in [0, 0.05) is 11.9 Å². The molecule has 126 valence electrons. The van der Waals surface area contributed by atoms with Gasteiger partial charge in [0.05, 0.1) is 0 Å². The number of nitrogens with one attached hydrogen (secondary N) is 2. The van der Waals surface area contributed by atoms with Gasteiger partial charge in [0.1, 0.15) is 5.58 Å². The Balaban J connectivity index is 0.00000192. The van der Waals surface area contributed by atoms with Crippen molar-refractivity contribution in [1.82, 2.24) is 10.6 Å². The zero-order chi connectivity index (χ0) is 15.5. The highest BCUT2D eigenvalue weighted by molar-refractivity contribution is 5.96. The third-order valence-electron chi connectivity index (χ3n) is 4.59. The number of furan rings is 1. The molecule has 3 rings (SSSR count). The van der Waals surface area contributed by atoms with Crippen molar-refractivity contribution in [3.05, 3.63) is 35.1 Å². The summed E-state index contributed by atoms with van der Waals surface area (Å²) in [4.78, 5) is 12.2. The molecule has 1 amide bonds. The van der Waals surface area contributed by atoms with E-state index in [-0.39, 0.29) is 18.3 Å². The standard InChI is InChI=1S/C18H24N2O2.ClH/c1-12-8-15-10-17(22-16(15)9-13(12)2)18(21)20-7-5-14-4-3-6-19-11-14;/h8-10,14,19H,3-7,11H2,1-2H3,(H,20,21);1H. The van der Waals surface area contributed by atoms with Gasteiger partial charge in [-0.3, -0.25) is 4.79 Å². The summed E-state index contributed by atoms with van der Waals surface area (Å²) >= 11 is 0. The van der Waals surface area contributed by atoms with E-state index in [0.29, 0.717) is 18.2 Å². The van der Waals surface area contributed by atoms with Crippen molar-refractivity contribution in [2.45, 2.75) is 33.1 Å². The van der Waals surface area contributed by atoms with E-state index in [1.807, 2.05) is 12.1 Å². The number of fused-ring (bicyclic) bond motifs is 1. The lowest BCUT2D eigenvalue weighted by Crippen LogP contribution is -2.33. The normalized spacial score (nSPS) is 17.7. The number of carbonyl (C=O) groups excluding carboxylic acids is 1. The third-order valence-corrected chi connectivity index (χ3v) is 4.59. The second-order valence-corrected chi connectivity index (χ2v) is 6.34. The Bertz CT molecular complexity index is 636. The summed E-state index contributed by atoms with van der Waals surface area (Å²) in [7, 11) is 0. The Morgan fingerprint density at radius 1 is 1.30 bits per heavy atom. The van der Waals surface area contributed by atoms with E-state index in [0.717, 1.165) is 30.5 Å². The Kier molecular flexibility index (Phi) is 6.08. The molecule has 5 heteroatoms.